The van der Waals surface area contributed by atoms with Crippen LogP contribution in [-0.4, -0.2) is 36.6 Å². The number of amides is 2. The fourth-order valence-electron chi connectivity index (χ4n) is 3.38. The summed E-state index contributed by atoms with van der Waals surface area (Å²) in [7, 11) is 0. The summed E-state index contributed by atoms with van der Waals surface area (Å²) < 4.78 is 0. The topological polar surface area (TPSA) is 44.4 Å². The standard InChI is InChI=1S/C22H27N3O/c1-2-14-25(22(26)23-13-12-18-8-4-3-5-9-18)17-21-15-19-10-6-7-11-20(19)16-24-21/h2-11,21,24H,1,12-17H2,(H,23,26)/t21-/m0/s1. The Morgan fingerprint density at radius 1 is 1.15 bits per heavy atom. The number of fused-ring (bicyclic) bond motifs is 1. The lowest BCUT2D eigenvalue weighted by Gasteiger charge is -2.31. The number of carbonyl (C=O) groups excluding carboxylic acids is 1. The first-order chi connectivity index (χ1) is 12.8. The molecule has 26 heavy (non-hydrogen) atoms. The van der Waals surface area contributed by atoms with E-state index in [0.717, 1.165) is 19.4 Å². The van der Waals surface area contributed by atoms with Gasteiger partial charge in [-0.3, -0.25) is 0 Å². The van der Waals surface area contributed by atoms with Crippen LogP contribution in [0.3, 0.4) is 0 Å². The molecule has 1 atom stereocenters. The van der Waals surface area contributed by atoms with Gasteiger partial charge in [0.2, 0.25) is 0 Å². The zero-order valence-electron chi connectivity index (χ0n) is 15.2. The lowest BCUT2D eigenvalue weighted by molar-refractivity contribution is 0.196. The Balaban J connectivity index is 1.51. The third-order valence-corrected chi connectivity index (χ3v) is 4.78. The van der Waals surface area contributed by atoms with Gasteiger partial charge in [-0.1, -0.05) is 60.7 Å². The number of rotatable bonds is 7. The molecular weight excluding hydrogens is 322 g/mol. The maximum absolute atomic E-state index is 12.6. The summed E-state index contributed by atoms with van der Waals surface area (Å²) >= 11 is 0. The predicted octanol–water partition coefficient (Wildman–Crippen LogP) is 3.14. The van der Waals surface area contributed by atoms with E-state index in [9.17, 15) is 4.79 Å². The highest BCUT2D eigenvalue weighted by Gasteiger charge is 2.22. The van der Waals surface area contributed by atoms with E-state index in [1.165, 1.54) is 16.7 Å². The Hall–Kier alpha value is -2.59. The molecule has 2 aromatic carbocycles. The lowest BCUT2D eigenvalue weighted by Crippen LogP contribution is -2.49. The van der Waals surface area contributed by atoms with E-state index < -0.39 is 0 Å². The van der Waals surface area contributed by atoms with Crippen LogP contribution in [0.4, 0.5) is 4.79 Å². The summed E-state index contributed by atoms with van der Waals surface area (Å²) in [4.78, 5) is 14.4. The van der Waals surface area contributed by atoms with Gasteiger partial charge < -0.3 is 15.5 Å². The minimum absolute atomic E-state index is 0.0264. The van der Waals surface area contributed by atoms with Crippen LogP contribution in [-0.2, 0) is 19.4 Å². The van der Waals surface area contributed by atoms with Crippen LogP contribution in [0.15, 0.2) is 67.3 Å². The second kappa shape index (κ2) is 9.20. The molecule has 0 fully saturated rings. The monoisotopic (exact) mass is 349 g/mol. The van der Waals surface area contributed by atoms with Gasteiger partial charge in [0, 0.05) is 32.2 Å². The highest BCUT2D eigenvalue weighted by Crippen LogP contribution is 2.16. The highest BCUT2D eigenvalue weighted by atomic mass is 16.2. The molecule has 2 N–H and O–H groups in total. The molecular formula is C22H27N3O. The Kier molecular flexibility index (Phi) is 6.45. The maximum Gasteiger partial charge on any atom is 0.317 e. The van der Waals surface area contributed by atoms with Gasteiger partial charge in [0.25, 0.3) is 0 Å². The normalized spacial score (nSPS) is 15.8. The maximum atomic E-state index is 12.6. The zero-order chi connectivity index (χ0) is 18.2. The van der Waals surface area contributed by atoms with Crippen molar-refractivity contribution in [1.82, 2.24) is 15.5 Å². The summed E-state index contributed by atoms with van der Waals surface area (Å²) in [6, 6.07) is 19.0. The largest absolute Gasteiger partial charge is 0.338 e. The summed E-state index contributed by atoms with van der Waals surface area (Å²) in [5.41, 5.74) is 3.96. The molecule has 0 saturated heterocycles. The molecule has 4 heteroatoms. The molecule has 2 amide bonds. The van der Waals surface area contributed by atoms with Gasteiger partial charge >= 0.3 is 6.03 Å². The number of carbonyl (C=O) groups is 1. The predicted molar refractivity (Wildman–Crippen MR) is 106 cm³/mol. The Labute approximate surface area is 155 Å². The number of hydrogen-bond acceptors (Lipinski definition) is 2. The average Bonchev–Trinajstić information content (AvgIpc) is 2.68. The minimum atomic E-state index is -0.0264. The lowest BCUT2D eigenvalue weighted by atomic mass is 9.95. The first-order valence-corrected chi connectivity index (χ1v) is 9.24. The van der Waals surface area contributed by atoms with Crippen LogP contribution in [0.5, 0.6) is 0 Å². The Bertz CT molecular complexity index is 729. The molecule has 0 radical (unpaired) electrons. The van der Waals surface area contributed by atoms with Crippen molar-refractivity contribution in [2.45, 2.75) is 25.4 Å². The minimum Gasteiger partial charge on any atom is -0.338 e. The summed E-state index contributed by atoms with van der Waals surface area (Å²) in [6.07, 6.45) is 3.57. The van der Waals surface area contributed by atoms with E-state index in [1.54, 1.807) is 6.08 Å². The molecule has 2 aromatic rings. The van der Waals surface area contributed by atoms with Crippen molar-refractivity contribution in [1.29, 1.82) is 0 Å². The van der Waals surface area contributed by atoms with Crippen molar-refractivity contribution in [2.24, 2.45) is 0 Å². The fourth-order valence-corrected chi connectivity index (χ4v) is 3.38. The van der Waals surface area contributed by atoms with Crippen molar-refractivity contribution >= 4 is 6.03 Å². The van der Waals surface area contributed by atoms with E-state index in [1.807, 2.05) is 23.1 Å². The molecule has 1 aliphatic heterocycles. The molecule has 0 saturated carbocycles. The first kappa shape index (κ1) is 18.2. The van der Waals surface area contributed by atoms with Gasteiger partial charge in [-0.25, -0.2) is 4.79 Å². The van der Waals surface area contributed by atoms with Crippen molar-refractivity contribution in [3.8, 4) is 0 Å². The molecule has 0 unspecified atom stereocenters. The molecule has 1 aliphatic rings. The van der Waals surface area contributed by atoms with Crippen molar-refractivity contribution < 1.29 is 4.79 Å². The van der Waals surface area contributed by atoms with Crippen LogP contribution >= 0.6 is 0 Å². The summed E-state index contributed by atoms with van der Waals surface area (Å²) in [5.74, 6) is 0. The van der Waals surface area contributed by atoms with Crippen LogP contribution in [0.2, 0.25) is 0 Å². The molecule has 0 aromatic heterocycles. The van der Waals surface area contributed by atoms with E-state index >= 15 is 0 Å². The SMILES string of the molecule is C=CCN(C[C@@H]1Cc2ccccc2CN1)C(=O)NCCc1ccccc1. The molecule has 0 bridgehead atoms. The van der Waals surface area contributed by atoms with E-state index in [-0.39, 0.29) is 12.1 Å². The van der Waals surface area contributed by atoms with Gasteiger partial charge in [-0.15, -0.1) is 6.58 Å². The van der Waals surface area contributed by atoms with Crippen LogP contribution in [0, 0.1) is 0 Å². The fraction of sp³-hybridized carbons (Fsp3) is 0.318. The van der Waals surface area contributed by atoms with E-state index in [2.05, 4.69) is 53.6 Å². The third-order valence-electron chi connectivity index (χ3n) is 4.78. The Morgan fingerprint density at radius 2 is 1.88 bits per heavy atom. The molecule has 0 spiro atoms. The molecule has 136 valence electrons. The van der Waals surface area contributed by atoms with Crippen LogP contribution in [0.1, 0.15) is 16.7 Å². The average molecular weight is 349 g/mol. The first-order valence-electron chi connectivity index (χ1n) is 9.24. The van der Waals surface area contributed by atoms with E-state index in [4.69, 9.17) is 0 Å². The third kappa shape index (κ3) is 4.96. The van der Waals surface area contributed by atoms with Crippen molar-refractivity contribution in [3.63, 3.8) is 0 Å². The number of benzene rings is 2. The zero-order valence-corrected chi connectivity index (χ0v) is 15.2. The molecule has 3 rings (SSSR count). The van der Waals surface area contributed by atoms with Crippen LogP contribution < -0.4 is 10.6 Å². The summed E-state index contributed by atoms with van der Waals surface area (Å²) in [5, 5.41) is 6.58. The highest BCUT2D eigenvalue weighted by molar-refractivity contribution is 5.74. The summed E-state index contributed by atoms with van der Waals surface area (Å²) in [6.45, 7) is 6.52. The number of hydrogen-bond donors (Lipinski definition) is 2. The van der Waals surface area contributed by atoms with Crippen LogP contribution in [0.25, 0.3) is 0 Å². The molecule has 4 nitrogen and oxygen atoms in total. The van der Waals surface area contributed by atoms with Gasteiger partial charge in [0.1, 0.15) is 0 Å². The van der Waals surface area contributed by atoms with Crippen molar-refractivity contribution in [3.05, 3.63) is 83.9 Å². The van der Waals surface area contributed by atoms with Gasteiger partial charge in [0.15, 0.2) is 0 Å². The van der Waals surface area contributed by atoms with Gasteiger partial charge in [-0.2, -0.15) is 0 Å². The quantitative estimate of drug-likeness (QED) is 0.754. The van der Waals surface area contributed by atoms with Gasteiger partial charge in [0.05, 0.1) is 0 Å². The van der Waals surface area contributed by atoms with Crippen molar-refractivity contribution in [2.75, 3.05) is 19.6 Å². The smallest absolute Gasteiger partial charge is 0.317 e. The number of urea groups is 1. The number of nitrogens with zero attached hydrogens (tertiary/aromatic N) is 1. The second-order valence-corrected chi connectivity index (χ2v) is 6.71. The second-order valence-electron chi connectivity index (χ2n) is 6.71. The number of nitrogens with one attached hydrogen (secondary N) is 2. The van der Waals surface area contributed by atoms with E-state index in [0.29, 0.717) is 19.6 Å². The molecule has 1 heterocycles. The Morgan fingerprint density at radius 3 is 2.65 bits per heavy atom. The van der Waals surface area contributed by atoms with Gasteiger partial charge in [-0.05, 0) is 29.5 Å². The molecule has 0 aliphatic carbocycles.